The predicted octanol–water partition coefficient (Wildman–Crippen LogP) is 3.83. The topological polar surface area (TPSA) is 12.0 Å². The monoisotopic (exact) mass is 221 g/mol. The van der Waals surface area contributed by atoms with Crippen LogP contribution in [0, 0.1) is 5.82 Å². The summed E-state index contributed by atoms with van der Waals surface area (Å²) in [5.41, 5.74) is 0.735. The van der Waals surface area contributed by atoms with Crippen LogP contribution in [0.3, 0.4) is 0 Å². The minimum atomic E-state index is -0.140. The molecule has 0 aliphatic carbocycles. The molecule has 0 radical (unpaired) electrons. The van der Waals surface area contributed by atoms with Crippen LogP contribution in [0.2, 0.25) is 0 Å². The zero-order valence-corrected chi connectivity index (χ0v) is 9.88. The van der Waals surface area contributed by atoms with Crippen molar-refractivity contribution in [1.29, 1.82) is 0 Å². The van der Waals surface area contributed by atoms with E-state index in [1.54, 1.807) is 6.07 Å². The van der Waals surface area contributed by atoms with Gasteiger partial charge < -0.3 is 5.32 Å². The van der Waals surface area contributed by atoms with E-state index in [2.05, 4.69) is 18.8 Å². The van der Waals surface area contributed by atoms with E-state index >= 15 is 0 Å². The molecule has 0 amide bonds. The third-order valence-corrected chi connectivity index (χ3v) is 2.60. The van der Waals surface area contributed by atoms with Gasteiger partial charge in [-0.25, -0.2) is 4.39 Å². The van der Waals surface area contributed by atoms with Crippen LogP contribution in [-0.2, 0) is 0 Å². The van der Waals surface area contributed by atoms with E-state index in [0.29, 0.717) is 0 Å². The van der Waals surface area contributed by atoms with Crippen molar-refractivity contribution >= 4 is 0 Å². The van der Waals surface area contributed by atoms with Crippen LogP contribution >= 0.6 is 0 Å². The molecule has 0 saturated heterocycles. The highest BCUT2D eigenvalue weighted by atomic mass is 19.1. The molecular weight excluding hydrogens is 201 g/mol. The maximum Gasteiger partial charge on any atom is 0.127 e. The van der Waals surface area contributed by atoms with Crippen molar-refractivity contribution in [2.45, 2.75) is 32.2 Å². The van der Waals surface area contributed by atoms with Gasteiger partial charge in [0.2, 0.25) is 0 Å². The molecule has 0 bridgehead atoms. The maximum absolute atomic E-state index is 13.6. The van der Waals surface area contributed by atoms with Crippen LogP contribution in [0.5, 0.6) is 0 Å². The van der Waals surface area contributed by atoms with Gasteiger partial charge in [0.25, 0.3) is 0 Å². The van der Waals surface area contributed by atoms with Gasteiger partial charge in [-0.15, -0.1) is 6.58 Å². The number of hydrogen-bond acceptors (Lipinski definition) is 1. The largest absolute Gasteiger partial charge is 0.310 e. The summed E-state index contributed by atoms with van der Waals surface area (Å²) in [7, 11) is 0. The number of nitrogens with one attached hydrogen (secondary N) is 1. The number of hydrogen-bond donors (Lipinski definition) is 1. The molecular formula is C14H20FN. The van der Waals surface area contributed by atoms with E-state index in [4.69, 9.17) is 0 Å². The summed E-state index contributed by atoms with van der Waals surface area (Å²) in [6.07, 6.45) is 4.84. The zero-order chi connectivity index (χ0) is 11.8. The average molecular weight is 221 g/mol. The van der Waals surface area contributed by atoms with Crippen LogP contribution < -0.4 is 5.32 Å². The molecule has 16 heavy (non-hydrogen) atoms. The summed E-state index contributed by atoms with van der Waals surface area (Å²) in [6.45, 7) is 6.79. The van der Waals surface area contributed by atoms with Gasteiger partial charge in [0.15, 0.2) is 0 Å². The maximum atomic E-state index is 13.6. The van der Waals surface area contributed by atoms with Gasteiger partial charge in [-0.2, -0.15) is 0 Å². The molecule has 0 aliphatic rings. The Bertz CT molecular complexity index is 322. The van der Waals surface area contributed by atoms with Gasteiger partial charge in [0, 0.05) is 11.6 Å². The lowest BCUT2D eigenvalue weighted by atomic mass is 10.0. The van der Waals surface area contributed by atoms with E-state index in [9.17, 15) is 4.39 Å². The first-order chi connectivity index (χ1) is 7.79. The van der Waals surface area contributed by atoms with E-state index < -0.39 is 0 Å². The summed E-state index contributed by atoms with van der Waals surface area (Å²) in [5, 5.41) is 3.37. The smallest absolute Gasteiger partial charge is 0.127 e. The average Bonchev–Trinajstić information content (AvgIpc) is 2.29. The minimum absolute atomic E-state index is 0.0465. The molecule has 1 aromatic carbocycles. The standard InChI is InChI=1S/C14H20FN/c1-3-5-11-16-14(8-4-2)12-9-6-7-10-13(12)15/h4,6-7,9-10,14,16H,2-3,5,8,11H2,1H3. The second-order valence-corrected chi connectivity index (χ2v) is 3.91. The highest BCUT2D eigenvalue weighted by Gasteiger charge is 2.12. The fourth-order valence-electron chi connectivity index (χ4n) is 1.70. The first-order valence-corrected chi connectivity index (χ1v) is 5.88. The van der Waals surface area contributed by atoms with Gasteiger partial charge in [0.05, 0.1) is 0 Å². The van der Waals surface area contributed by atoms with Crippen molar-refractivity contribution < 1.29 is 4.39 Å². The molecule has 0 saturated carbocycles. The van der Waals surface area contributed by atoms with Crippen molar-refractivity contribution in [2.24, 2.45) is 0 Å². The normalized spacial score (nSPS) is 12.4. The Hall–Kier alpha value is -1.15. The van der Waals surface area contributed by atoms with Crippen LogP contribution in [0.15, 0.2) is 36.9 Å². The summed E-state index contributed by atoms with van der Waals surface area (Å²) in [4.78, 5) is 0. The van der Waals surface area contributed by atoms with E-state index in [1.807, 2.05) is 18.2 Å². The lowest BCUT2D eigenvalue weighted by Gasteiger charge is -2.18. The minimum Gasteiger partial charge on any atom is -0.310 e. The number of rotatable bonds is 7. The lowest BCUT2D eigenvalue weighted by Crippen LogP contribution is -2.22. The number of unbranched alkanes of at least 4 members (excludes halogenated alkanes) is 1. The van der Waals surface area contributed by atoms with Crippen molar-refractivity contribution in [3.8, 4) is 0 Å². The molecule has 1 aromatic rings. The van der Waals surface area contributed by atoms with Crippen LogP contribution in [0.1, 0.15) is 37.8 Å². The quantitative estimate of drug-likeness (QED) is 0.545. The fraction of sp³-hybridized carbons (Fsp3) is 0.429. The van der Waals surface area contributed by atoms with Crippen molar-refractivity contribution in [3.63, 3.8) is 0 Å². The first kappa shape index (κ1) is 12.9. The predicted molar refractivity (Wildman–Crippen MR) is 66.9 cm³/mol. The molecule has 2 heteroatoms. The zero-order valence-electron chi connectivity index (χ0n) is 9.88. The van der Waals surface area contributed by atoms with Gasteiger partial charge in [0.1, 0.15) is 5.82 Å². The Morgan fingerprint density at radius 2 is 2.19 bits per heavy atom. The Labute approximate surface area is 97.4 Å². The molecule has 1 rings (SSSR count). The molecule has 0 aliphatic heterocycles. The van der Waals surface area contributed by atoms with Gasteiger partial charge >= 0.3 is 0 Å². The molecule has 1 unspecified atom stereocenters. The lowest BCUT2D eigenvalue weighted by molar-refractivity contribution is 0.495. The van der Waals surface area contributed by atoms with E-state index in [-0.39, 0.29) is 11.9 Å². The van der Waals surface area contributed by atoms with Crippen LogP contribution in [0.25, 0.3) is 0 Å². The van der Waals surface area contributed by atoms with E-state index in [0.717, 1.165) is 31.4 Å². The summed E-state index contributed by atoms with van der Waals surface area (Å²) in [5.74, 6) is -0.140. The highest BCUT2D eigenvalue weighted by molar-refractivity contribution is 5.21. The van der Waals surface area contributed by atoms with Gasteiger partial charge in [-0.05, 0) is 25.5 Å². The van der Waals surface area contributed by atoms with Crippen LogP contribution in [-0.4, -0.2) is 6.54 Å². The fourth-order valence-corrected chi connectivity index (χ4v) is 1.70. The SMILES string of the molecule is C=CCC(NCCCC)c1ccccc1F. The molecule has 1 atom stereocenters. The second-order valence-electron chi connectivity index (χ2n) is 3.91. The van der Waals surface area contributed by atoms with Gasteiger partial charge in [-0.1, -0.05) is 37.6 Å². The Kier molecular flexibility index (Phi) is 5.79. The molecule has 88 valence electrons. The Balaban J connectivity index is 2.69. The molecule has 0 heterocycles. The summed E-state index contributed by atoms with van der Waals surface area (Å²) in [6, 6.07) is 6.98. The second kappa shape index (κ2) is 7.18. The Morgan fingerprint density at radius 3 is 2.81 bits per heavy atom. The molecule has 0 fully saturated rings. The molecule has 1 nitrogen and oxygen atoms in total. The number of benzene rings is 1. The van der Waals surface area contributed by atoms with Crippen molar-refractivity contribution in [3.05, 3.63) is 48.3 Å². The number of halogens is 1. The Morgan fingerprint density at radius 1 is 1.44 bits per heavy atom. The van der Waals surface area contributed by atoms with Crippen molar-refractivity contribution in [2.75, 3.05) is 6.54 Å². The van der Waals surface area contributed by atoms with Crippen LogP contribution in [0.4, 0.5) is 4.39 Å². The van der Waals surface area contributed by atoms with Crippen molar-refractivity contribution in [1.82, 2.24) is 5.32 Å². The first-order valence-electron chi connectivity index (χ1n) is 5.88. The van der Waals surface area contributed by atoms with E-state index in [1.165, 1.54) is 6.07 Å². The molecule has 1 N–H and O–H groups in total. The molecule has 0 spiro atoms. The highest BCUT2D eigenvalue weighted by Crippen LogP contribution is 2.20. The molecule has 0 aromatic heterocycles. The van der Waals surface area contributed by atoms with Gasteiger partial charge in [-0.3, -0.25) is 0 Å². The summed E-state index contributed by atoms with van der Waals surface area (Å²) < 4.78 is 13.6. The third kappa shape index (κ3) is 3.78. The third-order valence-electron chi connectivity index (χ3n) is 2.60. The summed E-state index contributed by atoms with van der Waals surface area (Å²) >= 11 is 0.